The smallest absolute Gasteiger partial charge is 0.333 e. The fraction of sp³-hybridized carbons (Fsp3) is 0.769. The maximum atomic E-state index is 11.2. The molecule has 1 aliphatic rings. The van der Waals surface area contributed by atoms with Gasteiger partial charge in [0.05, 0.1) is 4.92 Å². The van der Waals surface area contributed by atoms with E-state index in [1.807, 2.05) is 6.92 Å². The van der Waals surface area contributed by atoms with Crippen molar-refractivity contribution in [2.24, 2.45) is 5.92 Å². The van der Waals surface area contributed by atoms with Crippen molar-refractivity contribution in [1.29, 1.82) is 0 Å². The molecule has 1 aliphatic heterocycles. The highest BCUT2D eigenvalue weighted by Crippen LogP contribution is 2.28. The molecule has 1 N–H and O–H groups in total. The molecule has 1 saturated heterocycles. The molecule has 0 radical (unpaired) electrons. The molecule has 2 heterocycles. The van der Waals surface area contributed by atoms with Gasteiger partial charge in [-0.25, -0.2) is 4.68 Å². The van der Waals surface area contributed by atoms with Crippen molar-refractivity contribution in [1.82, 2.24) is 14.7 Å². The Morgan fingerprint density at radius 3 is 2.90 bits per heavy atom. The molecule has 0 spiro atoms. The van der Waals surface area contributed by atoms with Gasteiger partial charge in [0.2, 0.25) is 5.82 Å². The van der Waals surface area contributed by atoms with Crippen LogP contribution in [0.5, 0.6) is 0 Å². The van der Waals surface area contributed by atoms with Crippen molar-refractivity contribution in [2.75, 3.05) is 32.0 Å². The molecule has 112 valence electrons. The number of aromatic nitrogens is 2. The molecule has 0 bridgehead atoms. The second-order valence-corrected chi connectivity index (χ2v) is 5.51. The number of aryl methyl sites for hydroxylation is 2. The summed E-state index contributed by atoms with van der Waals surface area (Å²) in [4.78, 5) is 13.1. The third-order valence-electron chi connectivity index (χ3n) is 3.86. The van der Waals surface area contributed by atoms with Crippen molar-refractivity contribution in [2.45, 2.75) is 33.2 Å². The van der Waals surface area contributed by atoms with E-state index in [-0.39, 0.29) is 10.6 Å². The lowest BCUT2D eigenvalue weighted by molar-refractivity contribution is -0.384. The average molecular weight is 281 g/mol. The quantitative estimate of drug-likeness (QED) is 0.658. The molecule has 1 aromatic heterocycles. The van der Waals surface area contributed by atoms with E-state index in [1.165, 1.54) is 12.8 Å². The van der Waals surface area contributed by atoms with E-state index in [4.69, 9.17) is 0 Å². The van der Waals surface area contributed by atoms with Gasteiger partial charge in [-0.15, -0.1) is 0 Å². The summed E-state index contributed by atoms with van der Waals surface area (Å²) in [6, 6.07) is 0. The Morgan fingerprint density at radius 2 is 2.30 bits per heavy atom. The first-order valence-electron chi connectivity index (χ1n) is 7.17. The Labute approximate surface area is 119 Å². The Morgan fingerprint density at radius 1 is 1.55 bits per heavy atom. The highest BCUT2D eigenvalue weighted by atomic mass is 16.6. The van der Waals surface area contributed by atoms with Gasteiger partial charge in [-0.3, -0.25) is 10.1 Å². The van der Waals surface area contributed by atoms with E-state index in [0.29, 0.717) is 24.0 Å². The Balaban J connectivity index is 2.10. The molecule has 7 heteroatoms. The highest BCUT2D eigenvalue weighted by Gasteiger charge is 2.26. The standard InChI is InChI=1S/C13H23N5O2/c1-4-17-13(12(18(19)20)10(2)15-17)14-8-11-6-5-7-16(3)9-11/h11,14H,4-9H2,1-3H3. The van der Waals surface area contributed by atoms with E-state index < -0.39 is 0 Å². The molecule has 1 unspecified atom stereocenters. The minimum absolute atomic E-state index is 0.107. The van der Waals surface area contributed by atoms with Gasteiger partial charge in [-0.05, 0) is 46.2 Å². The van der Waals surface area contributed by atoms with Gasteiger partial charge in [0, 0.05) is 19.6 Å². The zero-order chi connectivity index (χ0) is 14.7. The van der Waals surface area contributed by atoms with Crippen LogP contribution in [0, 0.1) is 23.0 Å². The number of hydrogen-bond acceptors (Lipinski definition) is 5. The molecule has 0 aliphatic carbocycles. The summed E-state index contributed by atoms with van der Waals surface area (Å²) in [5, 5.41) is 18.7. The summed E-state index contributed by atoms with van der Waals surface area (Å²) >= 11 is 0. The topological polar surface area (TPSA) is 76.2 Å². The molecule has 1 aromatic rings. The van der Waals surface area contributed by atoms with Gasteiger partial charge >= 0.3 is 5.69 Å². The number of nitro groups is 1. The number of nitrogens with one attached hydrogen (secondary N) is 1. The van der Waals surface area contributed by atoms with E-state index in [9.17, 15) is 10.1 Å². The monoisotopic (exact) mass is 281 g/mol. The predicted molar refractivity (Wildman–Crippen MR) is 78.0 cm³/mol. The minimum atomic E-state index is -0.343. The highest BCUT2D eigenvalue weighted by molar-refractivity contribution is 5.59. The SMILES string of the molecule is CCn1nc(C)c([N+](=O)[O-])c1NCC1CCCN(C)C1. The molecule has 0 saturated carbocycles. The van der Waals surface area contributed by atoms with E-state index in [2.05, 4.69) is 22.4 Å². The van der Waals surface area contributed by atoms with Gasteiger partial charge in [-0.1, -0.05) is 0 Å². The number of nitrogens with zero attached hydrogens (tertiary/aromatic N) is 4. The van der Waals surface area contributed by atoms with Gasteiger partial charge in [0.15, 0.2) is 0 Å². The fourth-order valence-corrected chi connectivity index (χ4v) is 2.88. The second kappa shape index (κ2) is 6.21. The van der Waals surface area contributed by atoms with Gasteiger partial charge < -0.3 is 10.2 Å². The number of rotatable bonds is 5. The summed E-state index contributed by atoms with van der Waals surface area (Å²) in [6.07, 6.45) is 2.36. The van der Waals surface area contributed by atoms with Crippen LogP contribution < -0.4 is 5.32 Å². The van der Waals surface area contributed by atoms with Crippen LogP contribution in [0.25, 0.3) is 0 Å². The summed E-state index contributed by atoms with van der Waals surface area (Å²) in [7, 11) is 2.12. The first-order chi connectivity index (χ1) is 9.52. The molecular weight excluding hydrogens is 258 g/mol. The van der Waals surface area contributed by atoms with Crippen LogP contribution in [0.4, 0.5) is 11.5 Å². The molecule has 0 aromatic carbocycles. The number of anilines is 1. The van der Waals surface area contributed by atoms with Crippen molar-refractivity contribution in [3.05, 3.63) is 15.8 Å². The zero-order valence-electron chi connectivity index (χ0n) is 12.4. The Kier molecular flexibility index (Phi) is 4.59. The summed E-state index contributed by atoms with van der Waals surface area (Å²) in [5.41, 5.74) is 0.580. The predicted octanol–water partition coefficient (Wildman–Crippen LogP) is 1.87. The lowest BCUT2D eigenvalue weighted by Crippen LogP contribution is -2.35. The van der Waals surface area contributed by atoms with Crippen molar-refractivity contribution < 1.29 is 4.92 Å². The molecule has 7 nitrogen and oxygen atoms in total. The average Bonchev–Trinajstić information content (AvgIpc) is 2.72. The van der Waals surface area contributed by atoms with Crippen LogP contribution >= 0.6 is 0 Å². The van der Waals surface area contributed by atoms with Crippen molar-refractivity contribution in [3.63, 3.8) is 0 Å². The van der Waals surface area contributed by atoms with Crippen LogP contribution in [-0.2, 0) is 6.54 Å². The fourth-order valence-electron chi connectivity index (χ4n) is 2.88. The third kappa shape index (κ3) is 3.09. The van der Waals surface area contributed by atoms with E-state index >= 15 is 0 Å². The van der Waals surface area contributed by atoms with Crippen LogP contribution in [0.2, 0.25) is 0 Å². The number of hydrogen-bond donors (Lipinski definition) is 1. The molecule has 2 rings (SSSR count). The maximum absolute atomic E-state index is 11.2. The third-order valence-corrected chi connectivity index (χ3v) is 3.86. The largest absolute Gasteiger partial charge is 0.364 e. The Hall–Kier alpha value is -1.63. The number of likely N-dealkylation sites (tertiary alicyclic amines) is 1. The van der Waals surface area contributed by atoms with Gasteiger partial charge in [0.1, 0.15) is 5.69 Å². The van der Waals surface area contributed by atoms with Crippen LogP contribution in [0.15, 0.2) is 0 Å². The Bertz CT molecular complexity index is 485. The van der Waals surface area contributed by atoms with Crippen LogP contribution in [0.1, 0.15) is 25.5 Å². The second-order valence-electron chi connectivity index (χ2n) is 5.51. The molecule has 1 fully saturated rings. The maximum Gasteiger partial charge on any atom is 0.333 e. The summed E-state index contributed by atoms with van der Waals surface area (Å²) in [6.45, 7) is 7.19. The minimum Gasteiger partial charge on any atom is -0.364 e. The normalized spacial score (nSPS) is 20.1. The van der Waals surface area contributed by atoms with E-state index in [1.54, 1.807) is 11.6 Å². The summed E-state index contributed by atoms with van der Waals surface area (Å²) in [5.74, 6) is 1.08. The summed E-state index contributed by atoms with van der Waals surface area (Å²) < 4.78 is 1.68. The molecule has 1 atom stereocenters. The molecular formula is C13H23N5O2. The first-order valence-corrected chi connectivity index (χ1v) is 7.17. The van der Waals surface area contributed by atoms with E-state index in [0.717, 1.165) is 19.6 Å². The van der Waals surface area contributed by atoms with Gasteiger partial charge in [-0.2, -0.15) is 5.10 Å². The first kappa shape index (κ1) is 14.8. The van der Waals surface area contributed by atoms with Crippen LogP contribution in [0.3, 0.4) is 0 Å². The lowest BCUT2D eigenvalue weighted by atomic mass is 9.98. The number of piperidine rings is 1. The molecule has 0 amide bonds. The van der Waals surface area contributed by atoms with Gasteiger partial charge in [0.25, 0.3) is 0 Å². The van der Waals surface area contributed by atoms with Crippen molar-refractivity contribution >= 4 is 11.5 Å². The van der Waals surface area contributed by atoms with Crippen molar-refractivity contribution in [3.8, 4) is 0 Å². The lowest BCUT2D eigenvalue weighted by Gasteiger charge is -2.29. The van der Waals surface area contributed by atoms with Crippen LogP contribution in [-0.4, -0.2) is 46.3 Å². The zero-order valence-corrected chi connectivity index (χ0v) is 12.4. The molecule has 20 heavy (non-hydrogen) atoms.